The molecule has 0 aliphatic heterocycles. The number of hydrogen-bond donors (Lipinski definition) is 1. The predicted octanol–water partition coefficient (Wildman–Crippen LogP) is 3.35. The Balaban J connectivity index is 1.57. The smallest absolute Gasteiger partial charge is 0.338 e. The van der Waals surface area contributed by atoms with Gasteiger partial charge in [-0.3, -0.25) is 4.79 Å². The summed E-state index contributed by atoms with van der Waals surface area (Å²) in [5, 5.41) is 2.97. The van der Waals surface area contributed by atoms with E-state index in [0.717, 1.165) is 30.4 Å². The lowest BCUT2D eigenvalue weighted by atomic mass is 9.88. The largest absolute Gasteiger partial charge is 0.496 e. The topological polar surface area (TPSA) is 64.6 Å². The number of amides is 1. The van der Waals surface area contributed by atoms with Gasteiger partial charge >= 0.3 is 5.97 Å². The lowest BCUT2D eigenvalue weighted by Gasteiger charge is -2.26. The van der Waals surface area contributed by atoms with Crippen molar-refractivity contribution < 1.29 is 19.1 Å². The normalized spacial score (nSPS) is 15.7. The van der Waals surface area contributed by atoms with Crippen LogP contribution >= 0.6 is 0 Å². The van der Waals surface area contributed by atoms with Crippen molar-refractivity contribution in [2.45, 2.75) is 32.2 Å². The molecule has 1 atom stereocenters. The lowest BCUT2D eigenvalue weighted by molar-refractivity contribution is -0.125. The molecule has 2 aromatic rings. The molecule has 5 nitrogen and oxygen atoms in total. The fraction of sp³-hybridized carbons (Fsp3) is 0.333. The van der Waals surface area contributed by atoms with E-state index in [0.29, 0.717) is 11.3 Å². The Morgan fingerprint density at radius 1 is 1.19 bits per heavy atom. The molecule has 0 unspecified atom stereocenters. The lowest BCUT2D eigenvalue weighted by Crippen LogP contribution is -2.34. The zero-order valence-corrected chi connectivity index (χ0v) is 15.1. The van der Waals surface area contributed by atoms with Gasteiger partial charge in [0.1, 0.15) is 5.75 Å². The van der Waals surface area contributed by atoms with Gasteiger partial charge in [-0.1, -0.05) is 30.3 Å². The fourth-order valence-corrected chi connectivity index (χ4v) is 3.30. The van der Waals surface area contributed by atoms with E-state index >= 15 is 0 Å². The number of esters is 1. The summed E-state index contributed by atoms with van der Waals surface area (Å²) in [6.45, 7) is 1.59. The van der Waals surface area contributed by atoms with E-state index in [9.17, 15) is 9.59 Å². The third-order valence-corrected chi connectivity index (χ3v) is 4.68. The van der Waals surface area contributed by atoms with Gasteiger partial charge in [-0.15, -0.1) is 0 Å². The second kappa shape index (κ2) is 8.04. The average molecular weight is 353 g/mol. The minimum absolute atomic E-state index is 0.0226. The van der Waals surface area contributed by atoms with Crippen LogP contribution in [0.5, 0.6) is 5.75 Å². The van der Waals surface area contributed by atoms with Crippen LogP contribution in [0.25, 0.3) is 0 Å². The van der Waals surface area contributed by atoms with Crippen molar-refractivity contribution in [3.63, 3.8) is 0 Å². The van der Waals surface area contributed by atoms with Crippen LogP contribution < -0.4 is 10.1 Å². The van der Waals surface area contributed by atoms with Crippen LogP contribution in [-0.4, -0.2) is 25.6 Å². The Bertz CT molecular complexity index is 815. The third kappa shape index (κ3) is 4.04. The molecule has 0 heterocycles. The first-order chi connectivity index (χ1) is 12.6. The number of benzene rings is 2. The molecule has 0 spiro atoms. The van der Waals surface area contributed by atoms with Gasteiger partial charge in [-0.2, -0.15) is 0 Å². The molecule has 0 radical (unpaired) electrons. The summed E-state index contributed by atoms with van der Waals surface area (Å²) in [5.41, 5.74) is 3.72. The Morgan fingerprint density at radius 2 is 2.00 bits per heavy atom. The Kier molecular flexibility index (Phi) is 5.56. The SMILES string of the molecule is COc1cc(C(=O)OCC(=O)N[C@@H]2CCCc3ccccc32)ccc1C. The van der Waals surface area contributed by atoms with Crippen molar-refractivity contribution in [1.82, 2.24) is 5.32 Å². The van der Waals surface area contributed by atoms with Gasteiger partial charge in [0.25, 0.3) is 5.91 Å². The predicted molar refractivity (Wildman–Crippen MR) is 98.3 cm³/mol. The molecule has 0 saturated heterocycles. The van der Waals surface area contributed by atoms with Crippen LogP contribution in [0.3, 0.4) is 0 Å². The second-order valence-electron chi connectivity index (χ2n) is 6.47. The standard InChI is InChI=1S/C21H23NO4/c1-14-10-11-16(12-19(14)25-2)21(24)26-13-20(23)22-18-9-5-7-15-6-3-4-8-17(15)18/h3-4,6,8,10-12,18H,5,7,9,13H2,1-2H3,(H,22,23)/t18-/m1/s1. The van der Waals surface area contributed by atoms with Crippen LogP contribution in [-0.2, 0) is 16.0 Å². The maximum atomic E-state index is 12.2. The number of methoxy groups -OCH3 is 1. The molecular weight excluding hydrogens is 330 g/mol. The number of hydrogen-bond acceptors (Lipinski definition) is 4. The number of nitrogens with one attached hydrogen (secondary N) is 1. The van der Waals surface area contributed by atoms with Crippen LogP contribution in [0.1, 0.15) is 45.9 Å². The molecule has 0 aromatic heterocycles. The summed E-state index contributed by atoms with van der Waals surface area (Å²) in [4.78, 5) is 24.4. The van der Waals surface area contributed by atoms with Crippen LogP contribution in [0, 0.1) is 6.92 Å². The highest BCUT2D eigenvalue weighted by atomic mass is 16.5. The fourth-order valence-electron chi connectivity index (χ4n) is 3.30. The van der Waals surface area contributed by atoms with E-state index in [-0.39, 0.29) is 18.6 Å². The maximum absolute atomic E-state index is 12.2. The van der Waals surface area contributed by atoms with Crippen LogP contribution in [0.4, 0.5) is 0 Å². The number of rotatable bonds is 5. The first kappa shape index (κ1) is 18.0. The highest BCUT2D eigenvalue weighted by molar-refractivity contribution is 5.91. The van der Waals surface area contributed by atoms with Crippen molar-refractivity contribution in [3.05, 3.63) is 64.7 Å². The monoisotopic (exact) mass is 353 g/mol. The Morgan fingerprint density at radius 3 is 2.81 bits per heavy atom. The molecule has 0 saturated carbocycles. The summed E-state index contributed by atoms with van der Waals surface area (Å²) in [5.74, 6) is -0.218. The van der Waals surface area contributed by atoms with Gasteiger partial charge in [0.15, 0.2) is 6.61 Å². The van der Waals surface area contributed by atoms with Crippen molar-refractivity contribution in [2.24, 2.45) is 0 Å². The van der Waals surface area contributed by atoms with Gasteiger partial charge in [0, 0.05) is 0 Å². The summed E-state index contributed by atoms with van der Waals surface area (Å²) in [7, 11) is 1.55. The molecular formula is C21H23NO4. The van der Waals surface area contributed by atoms with Crippen molar-refractivity contribution in [1.29, 1.82) is 0 Å². The number of carbonyl (C=O) groups excluding carboxylic acids is 2. The molecule has 26 heavy (non-hydrogen) atoms. The summed E-state index contributed by atoms with van der Waals surface area (Å²) < 4.78 is 10.4. The highest BCUT2D eigenvalue weighted by Crippen LogP contribution is 2.29. The molecule has 1 amide bonds. The van der Waals surface area contributed by atoms with E-state index in [4.69, 9.17) is 9.47 Å². The summed E-state index contributed by atoms with van der Waals surface area (Å²) in [6.07, 6.45) is 2.96. The molecule has 136 valence electrons. The Labute approximate surface area is 153 Å². The molecule has 1 aliphatic rings. The maximum Gasteiger partial charge on any atom is 0.338 e. The molecule has 1 aliphatic carbocycles. The van der Waals surface area contributed by atoms with E-state index in [1.54, 1.807) is 25.3 Å². The number of aryl methyl sites for hydroxylation is 2. The van der Waals surface area contributed by atoms with Gasteiger partial charge in [-0.05, 0) is 55.0 Å². The molecule has 3 rings (SSSR count). The summed E-state index contributed by atoms with van der Waals surface area (Å²) >= 11 is 0. The van der Waals surface area contributed by atoms with E-state index in [2.05, 4.69) is 11.4 Å². The average Bonchev–Trinajstić information content (AvgIpc) is 2.67. The third-order valence-electron chi connectivity index (χ3n) is 4.68. The number of carbonyl (C=O) groups is 2. The van der Waals surface area contributed by atoms with Gasteiger partial charge in [-0.25, -0.2) is 4.79 Å². The van der Waals surface area contributed by atoms with E-state index < -0.39 is 5.97 Å². The minimum Gasteiger partial charge on any atom is -0.496 e. The van der Waals surface area contributed by atoms with Gasteiger partial charge < -0.3 is 14.8 Å². The molecule has 0 bridgehead atoms. The van der Waals surface area contributed by atoms with Gasteiger partial charge in [0.2, 0.25) is 0 Å². The first-order valence-electron chi connectivity index (χ1n) is 8.77. The Hall–Kier alpha value is -2.82. The number of fused-ring (bicyclic) bond motifs is 1. The quantitative estimate of drug-likeness (QED) is 0.837. The van der Waals surface area contributed by atoms with Crippen molar-refractivity contribution in [2.75, 3.05) is 13.7 Å². The number of ether oxygens (including phenoxy) is 2. The van der Waals surface area contributed by atoms with Gasteiger partial charge in [0.05, 0.1) is 18.7 Å². The second-order valence-corrected chi connectivity index (χ2v) is 6.47. The van der Waals surface area contributed by atoms with Crippen LogP contribution in [0.2, 0.25) is 0 Å². The zero-order chi connectivity index (χ0) is 18.5. The highest BCUT2D eigenvalue weighted by Gasteiger charge is 2.22. The minimum atomic E-state index is -0.539. The molecule has 5 heteroatoms. The van der Waals surface area contributed by atoms with E-state index in [1.807, 2.05) is 25.1 Å². The molecule has 2 aromatic carbocycles. The van der Waals surface area contributed by atoms with E-state index in [1.165, 1.54) is 5.56 Å². The van der Waals surface area contributed by atoms with Crippen LogP contribution in [0.15, 0.2) is 42.5 Å². The molecule has 1 N–H and O–H groups in total. The molecule has 0 fully saturated rings. The van der Waals surface area contributed by atoms with Crippen molar-refractivity contribution in [3.8, 4) is 5.75 Å². The van der Waals surface area contributed by atoms with Crippen molar-refractivity contribution >= 4 is 11.9 Å². The summed E-state index contributed by atoms with van der Waals surface area (Å²) in [6, 6.07) is 13.2. The zero-order valence-electron chi connectivity index (χ0n) is 15.1. The first-order valence-corrected chi connectivity index (χ1v) is 8.77.